The average molecular weight is 470 g/mol. The van der Waals surface area contributed by atoms with E-state index in [0.29, 0.717) is 19.3 Å². The second-order valence-corrected chi connectivity index (χ2v) is 9.12. The van der Waals surface area contributed by atoms with Gasteiger partial charge in [-0.2, -0.15) is 0 Å². The monoisotopic (exact) mass is 469 g/mol. The van der Waals surface area contributed by atoms with E-state index in [9.17, 15) is 29.1 Å². The van der Waals surface area contributed by atoms with Crippen molar-refractivity contribution < 1.29 is 29.1 Å². The molecule has 0 saturated carbocycles. The van der Waals surface area contributed by atoms with Crippen LogP contribution in [0.3, 0.4) is 0 Å². The number of primary amides is 1. The number of hydrogen-bond donors (Lipinski definition) is 6. The molecule has 11 nitrogen and oxygen atoms in total. The van der Waals surface area contributed by atoms with Crippen LogP contribution < -0.4 is 27.0 Å². The lowest BCUT2D eigenvalue weighted by atomic mass is 9.98. The molecule has 0 bridgehead atoms. The zero-order valence-electron chi connectivity index (χ0n) is 20.0. The number of aliphatic carboxylic acids is 1. The average Bonchev–Trinajstić information content (AvgIpc) is 3.27. The third kappa shape index (κ3) is 9.77. The molecule has 5 unspecified atom stereocenters. The van der Waals surface area contributed by atoms with E-state index in [1.54, 1.807) is 13.8 Å². The van der Waals surface area contributed by atoms with Crippen LogP contribution in [-0.4, -0.2) is 65.4 Å². The van der Waals surface area contributed by atoms with E-state index < -0.39 is 41.8 Å². The molecule has 33 heavy (non-hydrogen) atoms. The van der Waals surface area contributed by atoms with Gasteiger partial charge in [-0.1, -0.05) is 34.1 Å². The topological polar surface area (TPSA) is 180 Å². The van der Waals surface area contributed by atoms with Crippen molar-refractivity contribution in [3.05, 3.63) is 0 Å². The first kappa shape index (κ1) is 28.3. The number of carbonyl (C=O) groups is 5. The Labute approximate surface area is 195 Å². The predicted molar refractivity (Wildman–Crippen MR) is 122 cm³/mol. The van der Waals surface area contributed by atoms with Crippen LogP contribution in [-0.2, 0) is 24.0 Å². The molecule has 7 N–H and O–H groups in total. The van der Waals surface area contributed by atoms with Crippen molar-refractivity contribution in [1.29, 1.82) is 0 Å². The molecule has 0 radical (unpaired) electrons. The van der Waals surface area contributed by atoms with E-state index in [0.717, 1.165) is 13.0 Å². The fourth-order valence-corrected chi connectivity index (χ4v) is 3.65. The lowest BCUT2D eigenvalue weighted by molar-refractivity contribution is -0.144. The van der Waals surface area contributed by atoms with Crippen LogP contribution in [0.5, 0.6) is 0 Å². The summed E-state index contributed by atoms with van der Waals surface area (Å²) in [5, 5.41) is 20.3. The van der Waals surface area contributed by atoms with E-state index in [-0.39, 0.29) is 36.6 Å². The maximum atomic E-state index is 13.0. The highest BCUT2D eigenvalue weighted by atomic mass is 16.4. The van der Waals surface area contributed by atoms with Crippen LogP contribution in [0.4, 0.5) is 0 Å². The van der Waals surface area contributed by atoms with Gasteiger partial charge in [0.25, 0.3) is 0 Å². The number of hydrogen-bond acceptors (Lipinski definition) is 6. The van der Waals surface area contributed by atoms with Crippen molar-refractivity contribution in [2.75, 3.05) is 6.54 Å². The second kappa shape index (κ2) is 13.8. The summed E-state index contributed by atoms with van der Waals surface area (Å²) in [6.45, 7) is 8.04. The van der Waals surface area contributed by atoms with Gasteiger partial charge in [-0.25, -0.2) is 4.79 Å². The van der Waals surface area contributed by atoms with Gasteiger partial charge in [0, 0.05) is 6.42 Å². The molecule has 1 aliphatic heterocycles. The molecule has 1 aliphatic rings. The Morgan fingerprint density at radius 1 is 1.03 bits per heavy atom. The fourth-order valence-electron chi connectivity index (χ4n) is 3.65. The van der Waals surface area contributed by atoms with E-state index in [2.05, 4.69) is 21.3 Å². The standard InChI is InChI=1S/C22H39N5O6/c1-5-13(4)18(22(32)33)27-20(30)15(8-9-17(23)28)25-21(31)16(11-12(2)3)26-19(29)14-7-6-10-24-14/h12-16,18,24H,5-11H2,1-4H3,(H2,23,28)(H,25,31)(H,26,29)(H,27,30)(H,32,33). The Balaban J connectivity index is 2.97. The quantitative estimate of drug-likeness (QED) is 0.201. The minimum absolute atomic E-state index is 0.0808. The summed E-state index contributed by atoms with van der Waals surface area (Å²) in [6.07, 6.45) is 2.15. The largest absolute Gasteiger partial charge is 0.480 e. The van der Waals surface area contributed by atoms with E-state index in [1.165, 1.54) is 0 Å². The first-order valence-corrected chi connectivity index (χ1v) is 11.6. The first-order chi connectivity index (χ1) is 15.5. The number of carboxylic acids is 1. The molecule has 11 heteroatoms. The number of nitrogens with one attached hydrogen (secondary N) is 4. The zero-order valence-corrected chi connectivity index (χ0v) is 20.0. The molecule has 1 heterocycles. The molecule has 0 spiro atoms. The minimum atomic E-state index is -1.19. The Morgan fingerprint density at radius 3 is 2.15 bits per heavy atom. The van der Waals surface area contributed by atoms with Gasteiger partial charge in [0.05, 0.1) is 6.04 Å². The van der Waals surface area contributed by atoms with Gasteiger partial charge in [0.15, 0.2) is 0 Å². The van der Waals surface area contributed by atoms with Crippen molar-refractivity contribution in [2.24, 2.45) is 17.6 Å². The highest BCUT2D eigenvalue weighted by molar-refractivity contribution is 5.94. The van der Waals surface area contributed by atoms with Gasteiger partial charge in [-0.05, 0) is 44.1 Å². The van der Waals surface area contributed by atoms with Crippen LogP contribution in [0.2, 0.25) is 0 Å². The molecule has 0 aromatic rings. The highest BCUT2D eigenvalue weighted by Gasteiger charge is 2.33. The summed E-state index contributed by atoms with van der Waals surface area (Å²) in [4.78, 5) is 61.3. The maximum Gasteiger partial charge on any atom is 0.326 e. The Kier molecular flexibility index (Phi) is 11.8. The molecular weight excluding hydrogens is 430 g/mol. The van der Waals surface area contributed by atoms with Gasteiger partial charge in [0.1, 0.15) is 18.1 Å². The van der Waals surface area contributed by atoms with E-state index in [1.807, 2.05) is 13.8 Å². The van der Waals surface area contributed by atoms with Crippen molar-refractivity contribution in [1.82, 2.24) is 21.3 Å². The van der Waals surface area contributed by atoms with Crippen molar-refractivity contribution in [3.63, 3.8) is 0 Å². The van der Waals surface area contributed by atoms with Gasteiger partial charge >= 0.3 is 5.97 Å². The summed E-state index contributed by atoms with van der Waals surface area (Å²) in [6, 6.07) is -3.57. The van der Waals surface area contributed by atoms with Crippen LogP contribution >= 0.6 is 0 Å². The summed E-state index contributed by atoms with van der Waals surface area (Å²) >= 11 is 0. The smallest absolute Gasteiger partial charge is 0.326 e. The molecule has 0 aromatic carbocycles. The Bertz CT molecular complexity index is 707. The summed E-state index contributed by atoms with van der Waals surface area (Å²) in [5.41, 5.74) is 5.21. The van der Waals surface area contributed by atoms with Crippen molar-refractivity contribution >= 4 is 29.6 Å². The molecule has 1 rings (SSSR count). The van der Waals surface area contributed by atoms with Crippen LogP contribution in [0.15, 0.2) is 0 Å². The lowest BCUT2D eigenvalue weighted by Gasteiger charge is -2.27. The van der Waals surface area contributed by atoms with Crippen molar-refractivity contribution in [2.45, 2.75) is 90.4 Å². The molecule has 1 saturated heterocycles. The fraction of sp³-hybridized carbons (Fsp3) is 0.773. The summed E-state index contributed by atoms with van der Waals surface area (Å²) < 4.78 is 0. The Morgan fingerprint density at radius 2 is 1.67 bits per heavy atom. The SMILES string of the molecule is CCC(C)C(NC(=O)C(CCC(N)=O)NC(=O)C(CC(C)C)NC(=O)C1CCCN1)C(=O)O. The molecule has 0 aromatic heterocycles. The first-order valence-electron chi connectivity index (χ1n) is 11.6. The van der Waals surface area contributed by atoms with Crippen LogP contribution in [0, 0.1) is 11.8 Å². The van der Waals surface area contributed by atoms with Gasteiger partial charge in [0.2, 0.25) is 23.6 Å². The van der Waals surface area contributed by atoms with Crippen LogP contribution in [0.25, 0.3) is 0 Å². The normalized spacial score (nSPS) is 19.2. The third-order valence-corrected chi connectivity index (χ3v) is 5.81. The minimum Gasteiger partial charge on any atom is -0.480 e. The van der Waals surface area contributed by atoms with Gasteiger partial charge in [-0.15, -0.1) is 0 Å². The number of amides is 4. The number of nitrogens with two attached hydrogens (primary N) is 1. The summed E-state index contributed by atoms with van der Waals surface area (Å²) in [5.74, 6) is -3.68. The molecular formula is C22H39N5O6. The summed E-state index contributed by atoms with van der Waals surface area (Å²) in [7, 11) is 0. The van der Waals surface area contributed by atoms with Crippen molar-refractivity contribution in [3.8, 4) is 0 Å². The Hall–Kier alpha value is -2.69. The van der Waals surface area contributed by atoms with E-state index >= 15 is 0 Å². The van der Waals surface area contributed by atoms with E-state index in [4.69, 9.17) is 5.73 Å². The van der Waals surface area contributed by atoms with Gasteiger partial charge < -0.3 is 32.1 Å². The third-order valence-electron chi connectivity index (χ3n) is 5.81. The maximum absolute atomic E-state index is 13.0. The molecule has 5 atom stereocenters. The lowest BCUT2D eigenvalue weighted by Crippen LogP contribution is -2.58. The predicted octanol–water partition coefficient (Wildman–Crippen LogP) is -0.365. The molecule has 0 aliphatic carbocycles. The van der Waals surface area contributed by atoms with Crippen LogP contribution in [0.1, 0.15) is 66.2 Å². The molecule has 188 valence electrons. The number of rotatable bonds is 14. The highest BCUT2D eigenvalue weighted by Crippen LogP contribution is 2.11. The second-order valence-electron chi connectivity index (χ2n) is 9.12. The van der Waals surface area contributed by atoms with Gasteiger partial charge in [-0.3, -0.25) is 19.2 Å². The number of carboxylic acid groups (broad SMARTS) is 1. The molecule has 4 amide bonds. The zero-order chi connectivity index (χ0) is 25.1. The molecule has 1 fully saturated rings. The number of carbonyl (C=O) groups excluding carboxylic acids is 4.